The molecule has 20 heavy (non-hydrogen) atoms. The Kier molecular flexibility index (Phi) is 6.02. The van der Waals surface area contributed by atoms with Crippen LogP contribution < -0.4 is 0 Å². The van der Waals surface area contributed by atoms with E-state index in [0.717, 1.165) is 39.0 Å². The number of aliphatic hydroxyl groups is 1. The lowest BCUT2D eigenvalue weighted by Gasteiger charge is -2.37. The van der Waals surface area contributed by atoms with E-state index < -0.39 is 0 Å². The van der Waals surface area contributed by atoms with Gasteiger partial charge in [0.15, 0.2) is 0 Å². The Morgan fingerprint density at radius 1 is 1.30 bits per heavy atom. The van der Waals surface area contributed by atoms with Crippen molar-refractivity contribution in [3.05, 3.63) is 35.9 Å². The van der Waals surface area contributed by atoms with Crippen LogP contribution in [0.4, 0.5) is 0 Å². The highest BCUT2D eigenvalue weighted by Gasteiger charge is 2.27. The minimum absolute atomic E-state index is 0.0260. The number of aliphatic hydroxyl groups excluding tert-OH is 1. The summed E-state index contributed by atoms with van der Waals surface area (Å²) in [6.07, 6.45) is 2.47. The summed E-state index contributed by atoms with van der Waals surface area (Å²) in [5, 5.41) is 10.3. The van der Waals surface area contributed by atoms with Crippen LogP contribution in [0, 0.1) is 0 Å². The van der Waals surface area contributed by atoms with Crippen LogP contribution in [0.1, 0.15) is 32.3 Å². The predicted molar refractivity (Wildman–Crippen MR) is 81.8 cm³/mol. The number of aryl methyl sites for hydroxylation is 1. The SMILES string of the molecule is CC(C)N1CCOC(C(O)CCCc2ccccc2)C1. The molecule has 0 aromatic heterocycles. The van der Waals surface area contributed by atoms with Gasteiger partial charge in [-0.1, -0.05) is 30.3 Å². The zero-order chi connectivity index (χ0) is 14.4. The van der Waals surface area contributed by atoms with Crippen LogP contribution in [0.25, 0.3) is 0 Å². The lowest BCUT2D eigenvalue weighted by molar-refractivity contribution is -0.0966. The van der Waals surface area contributed by atoms with Crippen molar-refractivity contribution in [2.75, 3.05) is 19.7 Å². The van der Waals surface area contributed by atoms with Crippen LogP contribution >= 0.6 is 0 Å². The molecule has 1 aromatic rings. The van der Waals surface area contributed by atoms with Crippen molar-refractivity contribution < 1.29 is 9.84 Å². The van der Waals surface area contributed by atoms with E-state index in [4.69, 9.17) is 4.74 Å². The molecular formula is C17H27NO2. The Balaban J connectivity index is 1.73. The van der Waals surface area contributed by atoms with Gasteiger partial charge >= 0.3 is 0 Å². The fraction of sp³-hybridized carbons (Fsp3) is 0.647. The normalized spacial score (nSPS) is 22.1. The first kappa shape index (κ1) is 15.5. The number of benzene rings is 1. The summed E-state index contributed by atoms with van der Waals surface area (Å²) in [5.41, 5.74) is 1.34. The molecule has 3 heteroatoms. The van der Waals surface area contributed by atoms with Crippen molar-refractivity contribution in [2.24, 2.45) is 0 Å². The molecule has 1 heterocycles. The van der Waals surface area contributed by atoms with Gasteiger partial charge in [-0.3, -0.25) is 4.90 Å². The second kappa shape index (κ2) is 7.77. The summed E-state index contributed by atoms with van der Waals surface area (Å²) in [5.74, 6) is 0. The van der Waals surface area contributed by atoms with Crippen molar-refractivity contribution in [3.8, 4) is 0 Å². The summed E-state index contributed by atoms with van der Waals surface area (Å²) in [6, 6.07) is 11.0. The fourth-order valence-electron chi connectivity index (χ4n) is 2.74. The Hall–Kier alpha value is -0.900. The van der Waals surface area contributed by atoms with Gasteiger partial charge in [-0.25, -0.2) is 0 Å². The zero-order valence-electron chi connectivity index (χ0n) is 12.7. The van der Waals surface area contributed by atoms with Gasteiger partial charge in [0.1, 0.15) is 0 Å². The molecule has 0 radical (unpaired) electrons. The van der Waals surface area contributed by atoms with E-state index in [2.05, 4.69) is 43.0 Å². The van der Waals surface area contributed by atoms with Gasteiger partial charge in [0, 0.05) is 19.1 Å². The Morgan fingerprint density at radius 2 is 2.05 bits per heavy atom. The van der Waals surface area contributed by atoms with Gasteiger partial charge < -0.3 is 9.84 Å². The Bertz CT molecular complexity index is 380. The molecule has 1 fully saturated rings. The largest absolute Gasteiger partial charge is 0.390 e. The third-order valence-electron chi connectivity index (χ3n) is 4.09. The third kappa shape index (κ3) is 4.58. The van der Waals surface area contributed by atoms with E-state index >= 15 is 0 Å². The Labute approximate surface area is 122 Å². The van der Waals surface area contributed by atoms with Crippen LogP contribution in [0.15, 0.2) is 30.3 Å². The van der Waals surface area contributed by atoms with Crippen molar-refractivity contribution >= 4 is 0 Å². The maximum absolute atomic E-state index is 10.3. The van der Waals surface area contributed by atoms with E-state index in [0.29, 0.717) is 6.04 Å². The van der Waals surface area contributed by atoms with Crippen molar-refractivity contribution in [3.63, 3.8) is 0 Å². The number of nitrogens with zero attached hydrogens (tertiary/aromatic N) is 1. The molecule has 2 rings (SSSR count). The number of hydrogen-bond donors (Lipinski definition) is 1. The Morgan fingerprint density at radius 3 is 2.75 bits per heavy atom. The topological polar surface area (TPSA) is 32.7 Å². The van der Waals surface area contributed by atoms with Crippen molar-refractivity contribution in [1.29, 1.82) is 0 Å². The lowest BCUT2D eigenvalue weighted by atomic mass is 10.0. The van der Waals surface area contributed by atoms with Crippen molar-refractivity contribution in [1.82, 2.24) is 4.90 Å². The zero-order valence-corrected chi connectivity index (χ0v) is 12.7. The highest BCUT2D eigenvalue weighted by molar-refractivity contribution is 5.14. The monoisotopic (exact) mass is 277 g/mol. The smallest absolute Gasteiger partial charge is 0.0961 e. The first-order valence-electron chi connectivity index (χ1n) is 7.74. The molecule has 0 spiro atoms. The summed E-state index contributed by atoms with van der Waals surface area (Å²) in [7, 11) is 0. The average molecular weight is 277 g/mol. The van der Waals surface area contributed by atoms with E-state index in [1.807, 2.05) is 6.07 Å². The van der Waals surface area contributed by atoms with Crippen LogP contribution in [-0.4, -0.2) is 48.0 Å². The quantitative estimate of drug-likeness (QED) is 0.867. The second-order valence-corrected chi connectivity index (χ2v) is 5.94. The second-order valence-electron chi connectivity index (χ2n) is 5.94. The standard InChI is InChI=1S/C17H27NO2/c1-14(2)18-11-12-20-17(13-18)16(19)10-6-9-15-7-4-3-5-8-15/h3-5,7-8,14,16-17,19H,6,9-13H2,1-2H3. The van der Waals surface area contributed by atoms with Crippen LogP contribution in [0.3, 0.4) is 0 Å². The van der Waals surface area contributed by atoms with Crippen LogP contribution in [0.5, 0.6) is 0 Å². The maximum Gasteiger partial charge on any atom is 0.0961 e. The molecule has 2 atom stereocenters. The molecule has 1 N–H and O–H groups in total. The molecule has 2 unspecified atom stereocenters. The number of morpholine rings is 1. The maximum atomic E-state index is 10.3. The number of rotatable bonds is 6. The minimum atomic E-state index is -0.347. The molecule has 1 saturated heterocycles. The highest BCUT2D eigenvalue weighted by atomic mass is 16.5. The van der Waals surface area contributed by atoms with Gasteiger partial charge in [0.25, 0.3) is 0 Å². The van der Waals surface area contributed by atoms with E-state index in [1.165, 1.54) is 5.56 Å². The molecule has 0 aliphatic carbocycles. The molecule has 112 valence electrons. The van der Waals surface area contributed by atoms with E-state index in [9.17, 15) is 5.11 Å². The minimum Gasteiger partial charge on any atom is -0.390 e. The van der Waals surface area contributed by atoms with Gasteiger partial charge in [-0.15, -0.1) is 0 Å². The van der Waals surface area contributed by atoms with Gasteiger partial charge in [0.05, 0.1) is 18.8 Å². The lowest BCUT2D eigenvalue weighted by Crippen LogP contribution is -2.50. The van der Waals surface area contributed by atoms with Gasteiger partial charge in [-0.2, -0.15) is 0 Å². The molecule has 1 aliphatic heterocycles. The third-order valence-corrected chi connectivity index (χ3v) is 4.09. The number of ether oxygens (including phenoxy) is 1. The summed E-state index contributed by atoms with van der Waals surface area (Å²) < 4.78 is 5.73. The summed E-state index contributed by atoms with van der Waals surface area (Å²) in [6.45, 7) is 6.96. The predicted octanol–water partition coefficient (Wildman–Crippen LogP) is 2.48. The number of hydrogen-bond acceptors (Lipinski definition) is 3. The molecule has 1 aromatic carbocycles. The van der Waals surface area contributed by atoms with E-state index in [1.54, 1.807) is 0 Å². The molecule has 0 saturated carbocycles. The molecule has 0 bridgehead atoms. The van der Waals surface area contributed by atoms with Crippen LogP contribution in [0.2, 0.25) is 0 Å². The van der Waals surface area contributed by atoms with Crippen molar-refractivity contribution in [2.45, 2.75) is 51.4 Å². The average Bonchev–Trinajstić information content (AvgIpc) is 2.48. The summed E-state index contributed by atoms with van der Waals surface area (Å²) >= 11 is 0. The van der Waals surface area contributed by atoms with Crippen LogP contribution in [-0.2, 0) is 11.2 Å². The molecular weight excluding hydrogens is 250 g/mol. The molecule has 0 amide bonds. The van der Waals surface area contributed by atoms with Gasteiger partial charge in [-0.05, 0) is 38.7 Å². The first-order valence-corrected chi connectivity index (χ1v) is 7.74. The van der Waals surface area contributed by atoms with E-state index in [-0.39, 0.29) is 12.2 Å². The fourth-order valence-corrected chi connectivity index (χ4v) is 2.74. The first-order chi connectivity index (χ1) is 9.66. The summed E-state index contributed by atoms with van der Waals surface area (Å²) in [4.78, 5) is 2.38. The molecule has 1 aliphatic rings. The van der Waals surface area contributed by atoms with Gasteiger partial charge in [0.2, 0.25) is 0 Å². The highest BCUT2D eigenvalue weighted by Crippen LogP contribution is 2.16. The molecule has 3 nitrogen and oxygen atoms in total.